The predicted molar refractivity (Wildman–Crippen MR) is 186 cm³/mol. The summed E-state index contributed by atoms with van der Waals surface area (Å²) >= 11 is 0. The molecule has 4 aliphatic carbocycles. The fourth-order valence-electron chi connectivity index (χ4n) is 8.39. The lowest BCUT2D eigenvalue weighted by atomic mass is 9.82. The van der Waals surface area contributed by atoms with Crippen molar-refractivity contribution in [3.63, 3.8) is 0 Å². The van der Waals surface area contributed by atoms with Crippen molar-refractivity contribution >= 4 is 32.3 Å². The van der Waals surface area contributed by atoms with Gasteiger partial charge in [-0.15, -0.1) is 0 Å². The lowest BCUT2D eigenvalue weighted by Gasteiger charge is -2.21. The number of benzene rings is 7. The fourth-order valence-corrected chi connectivity index (χ4v) is 8.39. The van der Waals surface area contributed by atoms with Crippen molar-refractivity contribution in [1.29, 1.82) is 0 Å². The average Bonchev–Trinajstić information content (AvgIpc) is 3.86. The monoisotopic (exact) mass is 558 g/mol. The Hall–Kier alpha value is -5.20. The highest BCUT2D eigenvalue weighted by molar-refractivity contribution is 6.21. The molecular weight excluding hydrogens is 528 g/mol. The van der Waals surface area contributed by atoms with E-state index in [4.69, 9.17) is 0 Å². The van der Waals surface area contributed by atoms with E-state index in [1.54, 1.807) is 5.56 Å². The van der Waals surface area contributed by atoms with E-state index in [0.717, 1.165) is 0 Å². The van der Waals surface area contributed by atoms with Gasteiger partial charge < -0.3 is 0 Å². The Morgan fingerprint density at radius 3 is 1.61 bits per heavy atom. The fraction of sp³-hybridized carbons (Fsp3) is 0.0909. The normalized spacial score (nSPS) is 21.0. The summed E-state index contributed by atoms with van der Waals surface area (Å²) in [4.78, 5) is 0. The van der Waals surface area contributed by atoms with E-state index in [2.05, 4.69) is 158 Å². The Morgan fingerprint density at radius 2 is 0.909 bits per heavy atom. The molecule has 4 aliphatic rings. The lowest BCUT2D eigenvalue weighted by molar-refractivity contribution is 1.00. The van der Waals surface area contributed by atoms with Crippen LogP contribution in [0.5, 0.6) is 0 Å². The average molecular weight is 559 g/mol. The molecule has 0 radical (unpaired) electrons. The summed E-state index contributed by atoms with van der Waals surface area (Å²) < 4.78 is 0. The molecule has 0 aliphatic heterocycles. The van der Waals surface area contributed by atoms with Gasteiger partial charge in [-0.3, -0.25) is 0 Å². The van der Waals surface area contributed by atoms with Gasteiger partial charge in [0.25, 0.3) is 0 Å². The molecule has 1 saturated carbocycles. The van der Waals surface area contributed by atoms with Crippen LogP contribution in [0.4, 0.5) is 0 Å². The molecule has 4 bridgehead atoms. The maximum Gasteiger partial charge on any atom is 0.0202 e. The van der Waals surface area contributed by atoms with Gasteiger partial charge >= 0.3 is 0 Å². The zero-order valence-electron chi connectivity index (χ0n) is 24.3. The van der Waals surface area contributed by atoms with Crippen molar-refractivity contribution in [1.82, 2.24) is 0 Å². The molecule has 0 saturated heterocycles. The molecule has 0 heteroatoms. The van der Waals surface area contributed by atoms with Gasteiger partial charge in [-0.25, -0.2) is 0 Å². The van der Waals surface area contributed by atoms with Crippen molar-refractivity contribution in [2.75, 3.05) is 0 Å². The van der Waals surface area contributed by atoms with Crippen molar-refractivity contribution in [2.24, 2.45) is 11.8 Å². The quantitative estimate of drug-likeness (QED) is 0.149. The first-order chi connectivity index (χ1) is 21.8. The van der Waals surface area contributed by atoms with Crippen LogP contribution in [0.15, 0.2) is 158 Å². The summed E-state index contributed by atoms with van der Waals surface area (Å²) in [6.45, 7) is 0. The number of rotatable bonds is 3. The van der Waals surface area contributed by atoms with E-state index in [0.29, 0.717) is 23.7 Å². The van der Waals surface area contributed by atoms with Crippen LogP contribution in [0, 0.1) is 11.8 Å². The molecule has 2 unspecified atom stereocenters. The molecule has 1 fully saturated rings. The Kier molecular flexibility index (Phi) is 5.05. The molecule has 0 heterocycles. The molecule has 206 valence electrons. The molecule has 0 aromatic heterocycles. The minimum atomic E-state index is 0.350. The van der Waals surface area contributed by atoms with Gasteiger partial charge in [0, 0.05) is 5.92 Å². The van der Waals surface area contributed by atoms with Crippen LogP contribution in [-0.2, 0) is 0 Å². The van der Waals surface area contributed by atoms with Crippen LogP contribution in [0.2, 0.25) is 0 Å². The van der Waals surface area contributed by atoms with Crippen molar-refractivity contribution < 1.29 is 0 Å². The van der Waals surface area contributed by atoms with E-state index in [1.165, 1.54) is 71.3 Å². The van der Waals surface area contributed by atoms with Crippen molar-refractivity contribution in [3.8, 4) is 33.4 Å². The molecular formula is C44H30. The minimum Gasteiger partial charge on any atom is -0.0833 e. The van der Waals surface area contributed by atoms with E-state index < -0.39 is 0 Å². The zero-order valence-corrected chi connectivity index (χ0v) is 24.3. The standard InChI is InChI=1S/C44H30/c1-2-10-30(11-3-1)42-34-14-6-7-15-35(34)43(31-19-17-28(18-20-31)33-16-8-12-27-9-4-5-13-32(27)33)40-25-38-29-21-23-36-37(24-22-29)44(36)39(38)26-41(40)42/h1-26,29,36-37,44H. The summed E-state index contributed by atoms with van der Waals surface area (Å²) in [5.74, 6) is 2.25. The third-order valence-electron chi connectivity index (χ3n) is 10.5. The second kappa shape index (κ2) is 9.15. The summed E-state index contributed by atoms with van der Waals surface area (Å²) in [5.41, 5.74) is 10.8. The first-order valence-electron chi connectivity index (χ1n) is 15.9. The topological polar surface area (TPSA) is 0 Å². The molecule has 11 rings (SSSR count). The Labute approximate surface area is 257 Å². The second-order valence-electron chi connectivity index (χ2n) is 12.8. The molecule has 44 heavy (non-hydrogen) atoms. The molecule has 0 nitrogen and oxygen atoms in total. The predicted octanol–water partition coefficient (Wildman–Crippen LogP) is 11.7. The Balaban J connectivity index is 1.26. The maximum atomic E-state index is 2.58. The van der Waals surface area contributed by atoms with Crippen molar-refractivity contribution in [3.05, 3.63) is 169 Å². The summed E-state index contributed by atoms with van der Waals surface area (Å²) in [5, 5.41) is 7.92. The third-order valence-corrected chi connectivity index (χ3v) is 10.5. The van der Waals surface area contributed by atoms with Gasteiger partial charge in [0.05, 0.1) is 0 Å². The smallest absolute Gasteiger partial charge is 0.0202 e. The number of allylic oxidation sites excluding steroid dienone is 4. The van der Waals surface area contributed by atoms with Crippen LogP contribution in [0.3, 0.4) is 0 Å². The Morgan fingerprint density at radius 1 is 0.364 bits per heavy atom. The largest absolute Gasteiger partial charge is 0.0833 e. The van der Waals surface area contributed by atoms with Crippen LogP contribution < -0.4 is 0 Å². The van der Waals surface area contributed by atoms with Gasteiger partial charge in [-0.2, -0.15) is 0 Å². The highest BCUT2D eigenvalue weighted by Crippen LogP contribution is 2.62. The molecule has 7 aromatic carbocycles. The SMILES string of the molecule is C1=CC2C3C=CC1c1cc4c(-c5ccc(-c6cccc7ccccc67)cc5)c5ccccc5c(-c5ccccc5)c4cc1C23. The molecule has 2 atom stereocenters. The molecule has 0 spiro atoms. The molecule has 7 aromatic rings. The highest BCUT2D eigenvalue weighted by atomic mass is 14.5. The highest BCUT2D eigenvalue weighted by Gasteiger charge is 2.51. The molecule has 0 amide bonds. The van der Waals surface area contributed by atoms with Crippen LogP contribution in [0.1, 0.15) is 23.0 Å². The van der Waals surface area contributed by atoms with E-state index in [-0.39, 0.29) is 0 Å². The maximum absolute atomic E-state index is 2.58. The van der Waals surface area contributed by atoms with Crippen LogP contribution >= 0.6 is 0 Å². The second-order valence-corrected chi connectivity index (χ2v) is 12.8. The van der Waals surface area contributed by atoms with Gasteiger partial charge in [0.2, 0.25) is 0 Å². The number of hydrogen-bond donors (Lipinski definition) is 0. The van der Waals surface area contributed by atoms with Crippen LogP contribution in [-0.4, -0.2) is 0 Å². The summed E-state index contributed by atoms with van der Waals surface area (Å²) in [7, 11) is 0. The summed E-state index contributed by atoms with van der Waals surface area (Å²) in [6.07, 6.45) is 9.89. The number of fused-ring (bicyclic) bond motifs is 3. The molecule has 0 N–H and O–H groups in total. The Bertz CT molecular complexity index is 2310. The lowest BCUT2D eigenvalue weighted by Crippen LogP contribution is -1.99. The van der Waals surface area contributed by atoms with Crippen LogP contribution in [0.25, 0.3) is 65.7 Å². The summed E-state index contributed by atoms with van der Waals surface area (Å²) in [6, 6.07) is 49.8. The number of hydrogen-bond acceptors (Lipinski definition) is 0. The van der Waals surface area contributed by atoms with Gasteiger partial charge in [0.1, 0.15) is 0 Å². The van der Waals surface area contributed by atoms with Crippen molar-refractivity contribution in [2.45, 2.75) is 11.8 Å². The van der Waals surface area contributed by atoms with Gasteiger partial charge in [0.15, 0.2) is 0 Å². The first-order valence-corrected chi connectivity index (χ1v) is 15.9. The van der Waals surface area contributed by atoms with E-state index >= 15 is 0 Å². The van der Waals surface area contributed by atoms with Gasteiger partial charge in [-0.05, 0) is 107 Å². The van der Waals surface area contributed by atoms with E-state index in [1.807, 2.05) is 0 Å². The zero-order chi connectivity index (χ0) is 28.8. The third kappa shape index (κ3) is 3.46. The first kappa shape index (κ1) is 24.3. The van der Waals surface area contributed by atoms with Gasteiger partial charge in [-0.1, -0.05) is 146 Å². The van der Waals surface area contributed by atoms with E-state index in [9.17, 15) is 0 Å². The minimum absolute atomic E-state index is 0.350.